The third kappa shape index (κ3) is 3.71. The highest BCUT2D eigenvalue weighted by Crippen LogP contribution is 2.40. The van der Waals surface area contributed by atoms with Crippen molar-refractivity contribution in [3.8, 4) is 17.2 Å². The number of methoxy groups -OCH3 is 1. The summed E-state index contributed by atoms with van der Waals surface area (Å²) in [6, 6.07) is 13.5. The lowest BCUT2D eigenvalue weighted by atomic mass is 10.1. The maximum absolute atomic E-state index is 12.7. The molecule has 7 heteroatoms. The van der Waals surface area contributed by atoms with Crippen LogP contribution in [0.25, 0.3) is 6.08 Å². The Morgan fingerprint density at radius 1 is 1.14 bits per heavy atom. The summed E-state index contributed by atoms with van der Waals surface area (Å²) < 4.78 is 16.1. The summed E-state index contributed by atoms with van der Waals surface area (Å²) in [4.78, 5) is 26.7. The zero-order valence-corrected chi connectivity index (χ0v) is 16.2. The van der Waals surface area contributed by atoms with Crippen LogP contribution in [-0.4, -0.2) is 36.5 Å². The van der Waals surface area contributed by atoms with E-state index in [4.69, 9.17) is 14.2 Å². The molecule has 0 unspecified atom stereocenters. The highest BCUT2D eigenvalue weighted by Gasteiger charge is 2.35. The lowest BCUT2D eigenvalue weighted by Crippen LogP contribution is -2.29. The minimum Gasteiger partial charge on any atom is -0.496 e. The first-order chi connectivity index (χ1) is 13.7. The second kappa shape index (κ2) is 7.98. The van der Waals surface area contributed by atoms with E-state index in [9.17, 15) is 9.59 Å². The van der Waals surface area contributed by atoms with E-state index in [1.165, 1.54) is 10.5 Å². The van der Waals surface area contributed by atoms with Crippen LogP contribution in [0.2, 0.25) is 0 Å². The lowest BCUT2D eigenvalue weighted by Gasteiger charge is -2.12. The summed E-state index contributed by atoms with van der Waals surface area (Å²) in [5.41, 5.74) is 1.86. The number of hydrogen-bond donors (Lipinski definition) is 0. The maximum atomic E-state index is 12.7. The molecule has 0 saturated carbocycles. The fourth-order valence-electron chi connectivity index (χ4n) is 3.15. The summed E-state index contributed by atoms with van der Waals surface area (Å²) in [6.45, 7) is 0.551. The zero-order chi connectivity index (χ0) is 19.5. The summed E-state index contributed by atoms with van der Waals surface area (Å²) in [5.74, 6) is 1.47. The number of aryl methyl sites for hydroxylation is 1. The van der Waals surface area contributed by atoms with Gasteiger partial charge >= 0.3 is 0 Å². The van der Waals surface area contributed by atoms with Gasteiger partial charge in [0.15, 0.2) is 11.5 Å². The predicted molar refractivity (Wildman–Crippen MR) is 107 cm³/mol. The van der Waals surface area contributed by atoms with Crippen molar-refractivity contribution in [2.75, 3.05) is 20.4 Å². The van der Waals surface area contributed by atoms with E-state index in [0.717, 1.165) is 24.6 Å². The molecule has 0 aromatic heterocycles. The van der Waals surface area contributed by atoms with Gasteiger partial charge in [-0.2, -0.15) is 0 Å². The first-order valence-corrected chi connectivity index (χ1v) is 9.74. The number of fused-ring (bicyclic) bond motifs is 1. The molecular formula is C21H19NO5S. The molecule has 2 aliphatic rings. The van der Waals surface area contributed by atoms with Gasteiger partial charge in [0.25, 0.3) is 11.1 Å². The second-order valence-electron chi connectivity index (χ2n) is 6.37. The molecule has 0 spiro atoms. The van der Waals surface area contributed by atoms with E-state index < -0.39 is 0 Å². The second-order valence-corrected chi connectivity index (χ2v) is 7.36. The molecule has 1 fully saturated rings. The van der Waals surface area contributed by atoms with Gasteiger partial charge in [-0.1, -0.05) is 30.3 Å². The number of hydrogen-bond acceptors (Lipinski definition) is 6. The SMILES string of the molecule is COc1cc2c(cc1/C=C1\SC(=O)N(CCCc3ccccc3)C1=O)OCO2. The van der Waals surface area contributed by atoms with Gasteiger partial charge in [-0.3, -0.25) is 14.5 Å². The number of carbonyl (C=O) groups excluding carboxylic acids is 2. The van der Waals surface area contributed by atoms with Gasteiger partial charge in [-0.25, -0.2) is 0 Å². The van der Waals surface area contributed by atoms with Crippen molar-refractivity contribution in [1.29, 1.82) is 0 Å². The first kappa shape index (κ1) is 18.4. The van der Waals surface area contributed by atoms with Crippen molar-refractivity contribution < 1.29 is 23.8 Å². The Bertz CT molecular complexity index is 941. The number of ether oxygens (including phenoxy) is 3. The van der Waals surface area contributed by atoms with Gasteiger partial charge in [-0.05, 0) is 42.3 Å². The Hall–Kier alpha value is -2.93. The fraction of sp³-hybridized carbons (Fsp3) is 0.238. The van der Waals surface area contributed by atoms with Crippen LogP contribution in [0.15, 0.2) is 47.4 Å². The predicted octanol–water partition coefficient (Wildman–Crippen LogP) is 4.09. The fourth-order valence-corrected chi connectivity index (χ4v) is 4.00. The van der Waals surface area contributed by atoms with Crippen molar-refractivity contribution in [3.63, 3.8) is 0 Å². The van der Waals surface area contributed by atoms with Crippen molar-refractivity contribution >= 4 is 29.0 Å². The number of imide groups is 1. The third-order valence-electron chi connectivity index (χ3n) is 4.58. The molecule has 0 aliphatic carbocycles. The Kier molecular flexibility index (Phi) is 5.25. The Morgan fingerprint density at radius 2 is 1.89 bits per heavy atom. The molecular weight excluding hydrogens is 378 g/mol. The number of amides is 2. The van der Waals surface area contributed by atoms with Crippen LogP contribution in [0.3, 0.4) is 0 Å². The lowest BCUT2D eigenvalue weighted by molar-refractivity contribution is -0.122. The molecule has 0 N–H and O–H groups in total. The third-order valence-corrected chi connectivity index (χ3v) is 5.48. The van der Waals surface area contributed by atoms with Crippen molar-refractivity contribution in [3.05, 3.63) is 58.5 Å². The van der Waals surface area contributed by atoms with Crippen LogP contribution in [0, 0.1) is 0 Å². The Morgan fingerprint density at radius 3 is 2.64 bits per heavy atom. The Labute approximate surface area is 167 Å². The largest absolute Gasteiger partial charge is 0.496 e. The molecule has 0 atom stereocenters. The summed E-state index contributed by atoms with van der Waals surface area (Å²) >= 11 is 0.946. The van der Waals surface area contributed by atoms with E-state index in [1.54, 1.807) is 25.3 Å². The van der Waals surface area contributed by atoms with Gasteiger partial charge in [0.05, 0.1) is 12.0 Å². The number of nitrogens with zero attached hydrogens (tertiary/aromatic N) is 1. The molecule has 6 nitrogen and oxygen atoms in total. The van der Waals surface area contributed by atoms with Crippen molar-refractivity contribution in [2.45, 2.75) is 12.8 Å². The minimum absolute atomic E-state index is 0.153. The van der Waals surface area contributed by atoms with E-state index in [-0.39, 0.29) is 17.9 Å². The van der Waals surface area contributed by atoms with Gasteiger partial charge in [-0.15, -0.1) is 0 Å². The quantitative estimate of drug-likeness (QED) is 0.684. The summed E-state index contributed by atoms with van der Waals surface area (Å²) in [6.07, 6.45) is 3.21. The molecule has 2 aromatic rings. The molecule has 2 amide bonds. The molecule has 28 heavy (non-hydrogen) atoms. The van der Waals surface area contributed by atoms with Gasteiger partial charge < -0.3 is 14.2 Å². The molecule has 1 saturated heterocycles. The number of rotatable bonds is 6. The van der Waals surface area contributed by atoms with E-state index in [0.29, 0.717) is 34.3 Å². The van der Waals surface area contributed by atoms with Crippen molar-refractivity contribution in [2.24, 2.45) is 0 Å². The molecule has 2 aliphatic heterocycles. The average Bonchev–Trinajstić information content (AvgIpc) is 3.27. The highest BCUT2D eigenvalue weighted by molar-refractivity contribution is 8.18. The Balaban J connectivity index is 1.48. The van der Waals surface area contributed by atoms with Crippen LogP contribution in [0.1, 0.15) is 17.5 Å². The van der Waals surface area contributed by atoms with Crippen LogP contribution < -0.4 is 14.2 Å². The first-order valence-electron chi connectivity index (χ1n) is 8.92. The summed E-state index contributed by atoms with van der Waals surface area (Å²) in [5, 5.41) is -0.246. The zero-order valence-electron chi connectivity index (χ0n) is 15.3. The standard InChI is InChI=1S/C21H19NO5S/c1-25-16-12-18-17(26-13-27-18)10-15(16)11-19-20(23)22(21(24)28-19)9-5-8-14-6-3-2-4-7-14/h2-4,6-7,10-12H,5,8-9,13H2,1H3/b19-11-. The van der Waals surface area contributed by atoms with E-state index in [2.05, 4.69) is 0 Å². The average molecular weight is 397 g/mol. The van der Waals surface area contributed by atoms with Crippen LogP contribution in [0.5, 0.6) is 17.2 Å². The number of thioether (sulfide) groups is 1. The molecule has 0 bridgehead atoms. The highest BCUT2D eigenvalue weighted by atomic mass is 32.2. The van der Waals surface area contributed by atoms with Gasteiger partial charge in [0, 0.05) is 18.2 Å². The topological polar surface area (TPSA) is 65.1 Å². The van der Waals surface area contributed by atoms with Crippen LogP contribution >= 0.6 is 11.8 Å². The van der Waals surface area contributed by atoms with E-state index in [1.807, 2.05) is 30.3 Å². The van der Waals surface area contributed by atoms with Gasteiger partial charge in [0.1, 0.15) is 5.75 Å². The molecule has 2 aromatic carbocycles. The summed E-state index contributed by atoms with van der Waals surface area (Å²) in [7, 11) is 1.55. The number of carbonyl (C=O) groups is 2. The number of benzene rings is 2. The maximum Gasteiger partial charge on any atom is 0.293 e. The smallest absolute Gasteiger partial charge is 0.293 e. The van der Waals surface area contributed by atoms with Crippen LogP contribution in [0.4, 0.5) is 4.79 Å². The molecule has 2 heterocycles. The molecule has 4 rings (SSSR count). The van der Waals surface area contributed by atoms with Crippen LogP contribution in [-0.2, 0) is 11.2 Å². The van der Waals surface area contributed by atoms with Gasteiger partial charge in [0.2, 0.25) is 6.79 Å². The van der Waals surface area contributed by atoms with E-state index >= 15 is 0 Å². The van der Waals surface area contributed by atoms with Crippen molar-refractivity contribution in [1.82, 2.24) is 4.90 Å². The minimum atomic E-state index is -0.275. The molecule has 0 radical (unpaired) electrons. The normalized spacial score (nSPS) is 16.9. The monoisotopic (exact) mass is 397 g/mol. The molecule has 144 valence electrons.